The molecule has 3 aromatic rings. The van der Waals surface area contributed by atoms with E-state index in [1.54, 1.807) is 29.3 Å². The predicted molar refractivity (Wildman–Crippen MR) is 72.4 cm³/mol. The Labute approximate surface area is 107 Å². The van der Waals surface area contributed by atoms with E-state index in [4.69, 9.17) is 0 Å². The first-order valence-electron chi connectivity index (χ1n) is 5.10. The van der Waals surface area contributed by atoms with Gasteiger partial charge in [-0.05, 0) is 6.26 Å². The molecule has 2 heterocycles. The molecule has 1 aromatic carbocycles. The Balaban J connectivity index is 2.20. The van der Waals surface area contributed by atoms with Gasteiger partial charge in [0.05, 0.1) is 10.9 Å². The second-order valence-electron chi connectivity index (χ2n) is 3.45. The fourth-order valence-corrected chi connectivity index (χ4v) is 3.31. The lowest BCUT2D eigenvalue weighted by molar-refractivity contribution is 0.958. The molecule has 0 aliphatic heterocycles. The summed E-state index contributed by atoms with van der Waals surface area (Å²) in [5, 5.41) is 10.0. The van der Waals surface area contributed by atoms with Crippen LogP contribution in [0.25, 0.3) is 20.8 Å². The third-order valence-electron chi connectivity index (χ3n) is 2.39. The summed E-state index contributed by atoms with van der Waals surface area (Å²) < 4.78 is 1.12. The fraction of sp³-hybridized carbons (Fsp3) is 0.0833. The molecular weight excluding hydrogens is 250 g/mol. The second-order valence-corrected chi connectivity index (χ2v) is 5.25. The van der Waals surface area contributed by atoms with E-state index >= 15 is 0 Å². The molecule has 3 nitrogen and oxygen atoms in total. The topological polar surface area (TPSA) is 38.7 Å². The lowest BCUT2D eigenvalue weighted by Gasteiger charge is -1.92. The average Bonchev–Trinajstić information content (AvgIpc) is 2.83. The van der Waals surface area contributed by atoms with E-state index in [9.17, 15) is 0 Å². The maximum atomic E-state index is 4.59. The molecule has 0 spiro atoms. The first kappa shape index (κ1) is 10.7. The quantitative estimate of drug-likeness (QED) is 0.660. The molecule has 0 aliphatic rings. The Kier molecular flexibility index (Phi) is 2.78. The molecule has 0 saturated heterocycles. The van der Waals surface area contributed by atoms with E-state index in [1.165, 1.54) is 0 Å². The molecule has 84 valence electrons. The van der Waals surface area contributed by atoms with Crippen molar-refractivity contribution < 1.29 is 0 Å². The number of thioether (sulfide) groups is 1. The highest BCUT2D eigenvalue weighted by Gasteiger charge is 2.10. The van der Waals surface area contributed by atoms with Crippen molar-refractivity contribution in [1.29, 1.82) is 0 Å². The monoisotopic (exact) mass is 259 g/mol. The minimum absolute atomic E-state index is 0.924. The molecule has 0 atom stereocenters. The van der Waals surface area contributed by atoms with Crippen LogP contribution in [0.2, 0.25) is 0 Å². The third-order valence-corrected chi connectivity index (χ3v) is 4.32. The highest BCUT2D eigenvalue weighted by Crippen LogP contribution is 2.33. The molecular formula is C12H9N3S2. The highest BCUT2D eigenvalue weighted by atomic mass is 32.2. The Morgan fingerprint density at radius 1 is 1.18 bits per heavy atom. The van der Waals surface area contributed by atoms with Crippen LogP contribution < -0.4 is 0 Å². The number of fused-ring (bicyclic) bond motifs is 1. The molecule has 0 radical (unpaired) electrons. The van der Waals surface area contributed by atoms with Gasteiger partial charge < -0.3 is 0 Å². The maximum absolute atomic E-state index is 4.59. The Morgan fingerprint density at radius 3 is 2.76 bits per heavy atom. The molecule has 0 N–H and O–H groups in total. The molecule has 2 aromatic heterocycles. The third kappa shape index (κ3) is 1.92. The van der Waals surface area contributed by atoms with E-state index in [0.29, 0.717) is 0 Å². The van der Waals surface area contributed by atoms with Crippen molar-refractivity contribution in [1.82, 2.24) is 15.2 Å². The Morgan fingerprint density at radius 2 is 2.00 bits per heavy atom. The van der Waals surface area contributed by atoms with Crippen LogP contribution in [0.5, 0.6) is 0 Å². The van der Waals surface area contributed by atoms with Gasteiger partial charge in [0.15, 0.2) is 0 Å². The number of hydrogen-bond acceptors (Lipinski definition) is 5. The van der Waals surface area contributed by atoms with Gasteiger partial charge in [0.2, 0.25) is 0 Å². The van der Waals surface area contributed by atoms with Gasteiger partial charge in [0.1, 0.15) is 15.6 Å². The number of benzene rings is 1. The van der Waals surface area contributed by atoms with Crippen LogP contribution >= 0.6 is 23.1 Å². The molecule has 5 heteroatoms. The summed E-state index contributed by atoms with van der Waals surface area (Å²) in [6.07, 6.45) is 3.73. The molecule has 0 bridgehead atoms. The molecule has 0 aliphatic carbocycles. The van der Waals surface area contributed by atoms with Gasteiger partial charge in [-0.1, -0.05) is 30.3 Å². The first-order chi connectivity index (χ1) is 8.38. The van der Waals surface area contributed by atoms with Gasteiger partial charge in [-0.25, -0.2) is 4.98 Å². The summed E-state index contributed by atoms with van der Waals surface area (Å²) in [6, 6.07) is 10.2. The summed E-state index contributed by atoms with van der Waals surface area (Å²) in [5.74, 6) is 0. The van der Waals surface area contributed by atoms with Crippen molar-refractivity contribution in [2.45, 2.75) is 5.03 Å². The highest BCUT2D eigenvalue weighted by molar-refractivity contribution is 7.98. The van der Waals surface area contributed by atoms with E-state index in [1.807, 2.05) is 24.5 Å². The summed E-state index contributed by atoms with van der Waals surface area (Å²) in [6.45, 7) is 0. The van der Waals surface area contributed by atoms with Crippen molar-refractivity contribution in [2.75, 3.05) is 6.26 Å². The lowest BCUT2D eigenvalue weighted by atomic mass is 10.2. The Bertz CT molecular complexity index is 649. The second kappa shape index (κ2) is 4.43. The summed E-state index contributed by atoms with van der Waals surface area (Å²) in [5.41, 5.74) is 2.06. The molecule has 3 rings (SSSR count). The van der Waals surface area contributed by atoms with Gasteiger partial charge >= 0.3 is 0 Å². The largest absolute Gasteiger partial charge is 0.234 e. The van der Waals surface area contributed by atoms with Gasteiger partial charge in [-0.15, -0.1) is 28.2 Å². The lowest BCUT2D eigenvalue weighted by Crippen LogP contribution is -1.83. The molecule has 17 heavy (non-hydrogen) atoms. The number of hydrogen-bond donors (Lipinski definition) is 0. The Hall–Kier alpha value is -1.46. The molecule has 0 unspecified atom stereocenters. The summed E-state index contributed by atoms with van der Waals surface area (Å²) in [7, 11) is 0. The van der Waals surface area contributed by atoms with Crippen LogP contribution in [-0.4, -0.2) is 21.4 Å². The zero-order valence-corrected chi connectivity index (χ0v) is 10.8. The molecule has 0 amide bonds. The van der Waals surface area contributed by atoms with E-state index in [0.717, 1.165) is 25.8 Å². The number of rotatable bonds is 2. The number of nitrogens with zero attached hydrogens (tertiary/aromatic N) is 3. The summed E-state index contributed by atoms with van der Waals surface area (Å²) in [4.78, 5) is 4.59. The van der Waals surface area contributed by atoms with Gasteiger partial charge in [0, 0.05) is 5.56 Å². The first-order valence-corrected chi connectivity index (χ1v) is 7.14. The van der Waals surface area contributed by atoms with Crippen molar-refractivity contribution in [2.24, 2.45) is 0 Å². The predicted octanol–water partition coefficient (Wildman–Crippen LogP) is 3.48. The van der Waals surface area contributed by atoms with Crippen molar-refractivity contribution >= 4 is 33.3 Å². The zero-order valence-electron chi connectivity index (χ0n) is 9.12. The zero-order chi connectivity index (χ0) is 11.7. The van der Waals surface area contributed by atoms with E-state index < -0.39 is 0 Å². The van der Waals surface area contributed by atoms with Gasteiger partial charge in [0.25, 0.3) is 0 Å². The minimum Gasteiger partial charge on any atom is -0.234 e. The van der Waals surface area contributed by atoms with Gasteiger partial charge in [-0.2, -0.15) is 5.10 Å². The van der Waals surface area contributed by atoms with Crippen molar-refractivity contribution in [3.63, 3.8) is 0 Å². The molecule has 0 saturated carbocycles. The normalized spacial score (nSPS) is 10.9. The van der Waals surface area contributed by atoms with Crippen LogP contribution in [-0.2, 0) is 0 Å². The van der Waals surface area contributed by atoms with Crippen LogP contribution in [0.15, 0.2) is 41.6 Å². The smallest absolute Gasteiger partial charge is 0.138 e. The maximum Gasteiger partial charge on any atom is 0.138 e. The van der Waals surface area contributed by atoms with Crippen LogP contribution in [0.4, 0.5) is 0 Å². The minimum atomic E-state index is 0.924. The average molecular weight is 259 g/mol. The van der Waals surface area contributed by atoms with Crippen LogP contribution in [0, 0.1) is 0 Å². The van der Waals surface area contributed by atoms with Crippen molar-refractivity contribution in [3.05, 3.63) is 36.5 Å². The summed E-state index contributed by atoms with van der Waals surface area (Å²) >= 11 is 3.27. The van der Waals surface area contributed by atoms with Crippen LogP contribution in [0.3, 0.4) is 0 Å². The van der Waals surface area contributed by atoms with Crippen LogP contribution in [0.1, 0.15) is 0 Å². The standard InChI is InChI=1S/C12H9N3S2/c1-16-12-10-9(7-13-15-12)14-11(17-10)8-5-3-2-4-6-8/h2-7H,1H3. The van der Waals surface area contributed by atoms with Crippen molar-refractivity contribution in [3.8, 4) is 10.6 Å². The number of thiazole rings is 1. The van der Waals surface area contributed by atoms with Gasteiger partial charge in [-0.3, -0.25) is 0 Å². The molecule has 0 fully saturated rings. The SMILES string of the molecule is CSc1nncc2nc(-c3ccccc3)sc12. The van der Waals surface area contributed by atoms with E-state index in [-0.39, 0.29) is 0 Å². The van der Waals surface area contributed by atoms with E-state index in [2.05, 4.69) is 27.3 Å². The number of aromatic nitrogens is 3. The fourth-order valence-electron chi connectivity index (χ4n) is 1.59.